The lowest BCUT2D eigenvalue weighted by Crippen LogP contribution is -2.43. The van der Waals surface area contributed by atoms with Gasteiger partial charge in [0.2, 0.25) is 15.9 Å². The van der Waals surface area contributed by atoms with Gasteiger partial charge >= 0.3 is 0 Å². The second-order valence-corrected chi connectivity index (χ2v) is 10.6. The fourth-order valence-electron chi connectivity index (χ4n) is 4.28. The SMILES string of the molecule is O=C(Nc1ccc(N2CCCCC2)cc1)[C@@H]1CCCN(S(=O)(=O)c2ccc(Cl)cc2)C1. The zero-order valence-electron chi connectivity index (χ0n) is 17.5. The average molecular weight is 462 g/mol. The predicted molar refractivity (Wildman–Crippen MR) is 124 cm³/mol. The molecule has 0 saturated carbocycles. The quantitative estimate of drug-likeness (QED) is 0.717. The van der Waals surface area contributed by atoms with Crippen molar-refractivity contribution < 1.29 is 13.2 Å². The zero-order valence-corrected chi connectivity index (χ0v) is 19.0. The van der Waals surface area contributed by atoms with Crippen molar-refractivity contribution in [1.29, 1.82) is 0 Å². The first-order valence-corrected chi connectivity index (χ1v) is 12.7. The number of hydrogen-bond acceptors (Lipinski definition) is 4. The molecule has 2 aliphatic rings. The Morgan fingerprint density at radius 2 is 1.58 bits per heavy atom. The van der Waals surface area contributed by atoms with Crippen LogP contribution in [0.15, 0.2) is 53.4 Å². The van der Waals surface area contributed by atoms with E-state index in [1.54, 1.807) is 12.1 Å². The molecule has 31 heavy (non-hydrogen) atoms. The van der Waals surface area contributed by atoms with Crippen LogP contribution in [0.3, 0.4) is 0 Å². The largest absolute Gasteiger partial charge is 0.372 e. The molecule has 8 heteroatoms. The molecule has 6 nitrogen and oxygen atoms in total. The van der Waals surface area contributed by atoms with Gasteiger partial charge in [-0.15, -0.1) is 0 Å². The summed E-state index contributed by atoms with van der Waals surface area (Å²) in [5.74, 6) is -0.515. The fraction of sp³-hybridized carbons (Fsp3) is 0.435. The minimum atomic E-state index is -3.65. The van der Waals surface area contributed by atoms with Gasteiger partial charge in [-0.25, -0.2) is 8.42 Å². The Balaban J connectivity index is 1.39. The van der Waals surface area contributed by atoms with Crippen LogP contribution in [0.25, 0.3) is 0 Å². The van der Waals surface area contributed by atoms with E-state index in [4.69, 9.17) is 11.6 Å². The highest BCUT2D eigenvalue weighted by Gasteiger charge is 2.33. The molecule has 0 aliphatic carbocycles. The summed E-state index contributed by atoms with van der Waals surface area (Å²) in [5, 5.41) is 3.45. The van der Waals surface area contributed by atoms with Crippen molar-refractivity contribution in [3.63, 3.8) is 0 Å². The van der Waals surface area contributed by atoms with Gasteiger partial charge < -0.3 is 10.2 Å². The molecule has 0 bridgehead atoms. The van der Waals surface area contributed by atoms with Gasteiger partial charge in [-0.1, -0.05) is 11.6 Å². The van der Waals surface area contributed by atoms with Crippen molar-refractivity contribution in [2.75, 3.05) is 36.4 Å². The number of halogens is 1. The Morgan fingerprint density at radius 1 is 0.903 bits per heavy atom. The van der Waals surface area contributed by atoms with E-state index in [0.29, 0.717) is 24.4 Å². The zero-order chi connectivity index (χ0) is 21.8. The molecule has 2 aromatic carbocycles. The van der Waals surface area contributed by atoms with Gasteiger partial charge in [0.1, 0.15) is 0 Å². The third-order valence-corrected chi connectivity index (χ3v) is 8.19. The predicted octanol–water partition coefficient (Wildman–Crippen LogP) is 4.37. The molecule has 0 unspecified atom stereocenters. The van der Waals surface area contributed by atoms with Crippen molar-refractivity contribution in [1.82, 2.24) is 4.31 Å². The summed E-state index contributed by atoms with van der Waals surface area (Å²) < 4.78 is 27.3. The molecule has 2 fully saturated rings. The van der Waals surface area contributed by atoms with E-state index in [9.17, 15) is 13.2 Å². The maximum Gasteiger partial charge on any atom is 0.243 e. The second kappa shape index (κ2) is 9.59. The monoisotopic (exact) mass is 461 g/mol. The van der Waals surface area contributed by atoms with Crippen LogP contribution in [0.5, 0.6) is 0 Å². The number of nitrogens with one attached hydrogen (secondary N) is 1. The van der Waals surface area contributed by atoms with Gasteiger partial charge in [-0.3, -0.25) is 4.79 Å². The minimum absolute atomic E-state index is 0.137. The van der Waals surface area contributed by atoms with E-state index in [-0.39, 0.29) is 23.3 Å². The van der Waals surface area contributed by atoms with Crippen molar-refractivity contribution in [3.05, 3.63) is 53.6 Å². The summed E-state index contributed by atoms with van der Waals surface area (Å²) in [7, 11) is -3.65. The molecule has 0 aromatic heterocycles. The van der Waals surface area contributed by atoms with Crippen LogP contribution in [0, 0.1) is 5.92 Å². The van der Waals surface area contributed by atoms with Crippen LogP contribution in [-0.4, -0.2) is 44.8 Å². The number of hydrogen-bond donors (Lipinski definition) is 1. The molecule has 0 radical (unpaired) electrons. The van der Waals surface area contributed by atoms with Crippen LogP contribution >= 0.6 is 11.6 Å². The average Bonchev–Trinajstić information content (AvgIpc) is 2.80. The lowest BCUT2D eigenvalue weighted by molar-refractivity contribution is -0.120. The van der Waals surface area contributed by atoms with Gasteiger partial charge in [0, 0.05) is 42.6 Å². The van der Waals surface area contributed by atoms with Crippen LogP contribution in [0.1, 0.15) is 32.1 Å². The van der Waals surface area contributed by atoms with Gasteiger partial charge in [0.05, 0.1) is 10.8 Å². The molecular weight excluding hydrogens is 434 g/mol. The van der Waals surface area contributed by atoms with E-state index < -0.39 is 10.0 Å². The van der Waals surface area contributed by atoms with E-state index in [0.717, 1.165) is 18.8 Å². The van der Waals surface area contributed by atoms with E-state index in [2.05, 4.69) is 10.2 Å². The molecule has 1 atom stereocenters. The summed E-state index contributed by atoms with van der Waals surface area (Å²) in [4.78, 5) is 15.4. The number of sulfonamides is 1. The molecule has 1 amide bonds. The van der Waals surface area contributed by atoms with Crippen LogP contribution < -0.4 is 10.2 Å². The maximum absolute atomic E-state index is 13.0. The van der Waals surface area contributed by atoms with Crippen molar-refractivity contribution in [2.24, 2.45) is 5.92 Å². The Hall–Kier alpha value is -2.09. The highest BCUT2D eigenvalue weighted by Crippen LogP contribution is 2.26. The molecule has 0 spiro atoms. The number of carbonyl (C=O) groups excluding carboxylic acids is 1. The summed E-state index contributed by atoms with van der Waals surface area (Å²) in [5.41, 5.74) is 1.92. The number of anilines is 2. The summed E-state index contributed by atoms with van der Waals surface area (Å²) in [6.07, 6.45) is 5.05. The van der Waals surface area contributed by atoms with Crippen molar-refractivity contribution in [3.8, 4) is 0 Å². The lowest BCUT2D eigenvalue weighted by atomic mass is 9.98. The third kappa shape index (κ3) is 5.22. The number of piperidine rings is 2. The lowest BCUT2D eigenvalue weighted by Gasteiger charge is -2.31. The molecule has 1 N–H and O–H groups in total. The molecule has 2 heterocycles. The van der Waals surface area contributed by atoms with Crippen LogP contribution in [0.4, 0.5) is 11.4 Å². The first-order valence-electron chi connectivity index (χ1n) is 10.8. The molecule has 2 saturated heterocycles. The summed E-state index contributed by atoms with van der Waals surface area (Å²) >= 11 is 5.88. The topological polar surface area (TPSA) is 69.7 Å². The second-order valence-electron chi connectivity index (χ2n) is 8.24. The molecule has 4 rings (SSSR count). The molecular formula is C23H28ClN3O3S. The van der Waals surface area contributed by atoms with Crippen molar-refractivity contribution >= 4 is 38.9 Å². The highest BCUT2D eigenvalue weighted by molar-refractivity contribution is 7.89. The maximum atomic E-state index is 13.0. The summed E-state index contributed by atoms with van der Waals surface area (Å²) in [6.45, 7) is 2.75. The Bertz CT molecular complexity index is 1000. The van der Waals surface area contributed by atoms with Gasteiger partial charge in [-0.05, 0) is 80.6 Å². The Morgan fingerprint density at radius 3 is 2.26 bits per heavy atom. The Labute approximate surface area is 189 Å². The number of rotatable bonds is 5. The minimum Gasteiger partial charge on any atom is -0.372 e. The first-order chi connectivity index (χ1) is 14.9. The van der Waals surface area contributed by atoms with Crippen molar-refractivity contribution in [2.45, 2.75) is 37.0 Å². The molecule has 2 aliphatic heterocycles. The molecule has 166 valence electrons. The summed E-state index contributed by atoms with van der Waals surface area (Å²) in [6, 6.07) is 14.1. The smallest absolute Gasteiger partial charge is 0.243 e. The Kier molecular flexibility index (Phi) is 6.84. The van der Waals surface area contributed by atoms with Crippen LogP contribution in [-0.2, 0) is 14.8 Å². The van der Waals surface area contributed by atoms with Crippen LogP contribution in [0.2, 0.25) is 5.02 Å². The van der Waals surface area contributed by atoms with E-state index in [1.165, 1.54) is 41.4 Å². The number of amides is 1. The first kappa shape index (κ1) is 22.1. The number of nitrogens with zero attached hydrogens (tertiary/aromatic N) is 2. The van der Waals surface area contributed by atoms with Gasteiger partial charge in [-0.2, -0.15) is 4.31 Å². The van der Waals surface area contributed by atoms with Gasteiger partial charge in [0.15, 0.2) is 0 Å². The highest BCUT2D eigenvalue weighted by atomic mass is 35.5. The normalized spacial score (nSPS) is 20.4. The third-order valence-electron chi connectivity index (χ3n) is 6.06. The number of benzene rings is 2. The van der Waals surface area contributed by atoms with E-state index in [1.807, 2.05) is 24.3 Å². The fourth-order valence-corrected chi connectivity index (χ4v) is 5.93. The number of carbonyl (C=O) groups is 1. The van der Waals surface area contributed by atoms with E-state index >= 15 is 0 Å². The standard InChI is InChI=1S/C23H28ClN3O3S/c24-19-6-12-22(13-7-19)31(29,30)27-16-4-5-18(17-27)23(28)25-20-8-10-21(11-9-20)26-14-2-1-3-15-26/h6-13,18H,1-5,14-17H2,(H,25,28)/t18-/m1/s1. The molecule has 2 aromatic rings. The van der Waals surface area contributed by atoms with Gasteiger partial charge in [0.25, 0.3) is 0 Å².